The van der Waals surface area contributed by atoms with E-state index in [1.807, 2.05) is 66.7 Å². The van der Waals surface area contributed by atoms with Gasteiger partial charge in [-0.1, -0.05) is 48.5 Å². The van der Waals surface area contributed by atoms with E-state index in [4.69, 9.17) is 19.0 Å². The van der Waals surface area contributed by atoms with Crippen LogP contribution in [0.25, 0.3) is 16.9 Å². The predicted octanol–water partition coefficient (Wildman–Crippen LogP) is 5.43. The van der Waals surface area contributed by atoms with Gasteiger partial charge in [0.2, 0.25) is 5.91 Å². The van der Waals surface area contributed by atoms with E-state index in [0.29, 0.717) is 34.3 Å². The molecule has 3 aromatic carbocycles. The standard InChI is InChI=1S/C31H28N4O5/c1-38-26-16-23(17-27(18-26)39-2)31(37)34(20-25-14-9-15-40-25)21-30(36)32-29-19-28(22-10-5-3-6-11-22)33-35(29)24-12-7-4-8-13-24/h3-19H,20-21H2,1-2H3,(H,32,36). The molecule has 0 aliphatic rings. The molecule has 202 valence electrons. The molecule has 5 aromatic rings. The number of nitrogens with one attached hydrogen (secondary N) is 1. The topological polar surface area (TPSA) is 98.8 Å². The van der Waals surface area contributed by atoms with Gasteiger partial charge < -0.3 is 24.1 Å². The van der Waals surface area contributed by atoms with E-state index < -0.39 is 5.91 Å². The average molecular weight is 537 g/mol. The van der Waals surface area contributed by atoms with Crippen LogP contribution >= 0.6 is 0 Å². The van der Waals surface area contributed by atoms with Crippen molar-refractivity contribution in [3.8, 4) is 28.4 Å². The maximum atomic E-state index is 13.6. The van der Waals surface area contributed by atoms with Crippen molar-refractivity contribution in [2.75, 3.05) is 26.1 Å². The number of carbonyl (C=O) groups excluding carboxylic acids is 2. The minimum atomic E-state index is -0.397. The monoisotopic (exact) mass is 536 g/mol. The van der Waals surface area contributed by atoms with Crippen molar-refractivity contribution in [1.82, 2.24) is 14.7 Å². The number of furan rings is 1. The van der Waals surface area contributed by atoms with Gasteiger partial charge in [-0.15, -0.1) is 0 Å². The fourth-order valence-electron chi connectivity index (χ4n) is 4.25. The second-order valence-electron chi connectivity index (χ2n) is 8.92. The van der Waals surface area contributed by atoms with Crippen molar-refractivity contribution in [2.24, 2.45) is 0 Å². The lowest BCUT2D eigenvalue weighted by atomic mass is 10.1. The van der Waals surface area contributed by atoms with E-state index in [9.17, 15) is 9.59 Å². The Morgan fingerprint density at radius 1 is 0.875 bits per heavy atom. The fourth-order valence-corrected chi connectivity index (χ4v) is 4.25. The minimum absolute atomic E-state index is 0.0893. The first-order chi connectivity index (χ1) is 19.5. The van der Waals surface area contributed by atoms with Gasteiger partial charge in [0.25, 0.3) is 5.91 Å². The van der Waals surface area contributed by atoms with E-state index in [0.717, 1.165) is 11.3 Å². The first kappa shape index (κ1) is 26.3. The van der Waals surface area contributed by atoms with Crippen molar-refractivity contribution in [3.05, 3.63) is 115 Å². The van der Waals surface area contributed by atoms with E-state index in [1.165, 1.54) is 25.4 Å². The molecule has 0 unspecified atom stereocenters. The zero-order chi connectivity index (χ0) is 27.9. The molecule has 2 aromatic heterocycles. The van der Waals surface area contributed by atoms with Gasteiger partial charge in [0, 0.05) is 23.3 Å². The third-order valence-electron chi connectivity index (χ3n) is 6.19. The van der Waals surface area contributed by atoms with Crippen molar-refractivity contribution in [1.29, 1.82) is 0 Å². The van der Waals surface area contributed by atoms with Crippen LogP contribution in [0.15, 0.2) is 108 Å². The van der Waals surface area contributed by atoms with Gasteiger partial charge in [0.15, 0.2) is 0 Å². The van der Waals surface area contributed by atoms with E-state index in [2.05, 4.69) is 5.32 Å². The molecule has 0 aliphatic heterocycles. The number of nitrogens with zero attached hydrogens (tertiary/aromatic N) is 3. The van der Waals surface area contributed by atoms with Crippen LogP contribution in [0.1, 0.15) is 16.1 Å². The largest absolute Gasteiger partial charge is 0.497 e. The first-order valence-corrected chi connectivity index (χ1v) is 12.6. The van der Waals surface area contributed by atoms with Crippen LogP contribution in [-0.4, -0.2) is 47.3 Å². The van der Waals surface area contributed by atoms with Gasteiger partial charge in [-0.3, -0.25) is 9.59 Å². The summed E-state index contributed by atoms with van der Waals surface area (Å²) < 4.78 is 17.8. The summed E-state index contributed by atoms with van der Waals surface area (Å²) in [4.78, 5) is 28.5. The van der Waals surface area contributed by atoms with Crippen LogP contribution in [-0.2, 0) is 11.3 Å². The molecule has 0 saturated heterocycles. The number of carbonyl (C=O) groups is 2. The van der Waals surface area contributed by atoms with Crippen LogP contribution in [0, 0.1) is 0 Å². The summed E-state index contributed by atoms with van der Waals surface area (Å²) in [5.41, 5.74) is 2.71. The Kier molecular flexibility index (Phi) is 7.92. The number of benzene rings is 3. The number of para-hydroxylation sites is 1. The molecule has 0 radical (unpaired) electrons. The molecule has 2 heterocycles. The number of aromatic nitrogens is 2. The van der Waals surface area contributed by atoms with E-state index >= 15 is 0 Å². The van der Waals surface area contributed by atoms with Crippen molar-refractivity contribution in [2.45, 2.75) is 6.54 Å². The summed E-state index contributed by atoms with van der Waals surface area (Å²) in [5, 5.41) is 7.69. The van der Waals surface area contributed by atoms with Gasteiger partial charge >= 0.3 is 0 Å². The van der Waals surface area contributed by atoms with Gasteiger partial charge in [0.1, 0.15) is 29.6 Å². The van der Waals surface area contributed by atoms with Crippen molar-refractivity contribution in [3.63, 3.8) is 0 Å². The van der Waals surface area contributed by atoms with Gasteiger partial charge in [-0.25, -0.2) is 4.68 Å². The van der Waals surface area contributed by atoms with Crippen LogP contribution in [0.3, 0.4) is 0 Å². The number of methoxy groups -OCH3 is 2. The van der Waals surface area contributed by atoms with E-state index in [-0.39, 0.29) is 19.0 Å². The normalized spacial score (nSPS) is 10.7. The van der Waals surface area contributed by atoms with Gasteiger partial charge in [0.05, 0.1) is 38.4 Å². The Morgan fingerprint density at radius 2 is 1.55 bits per heavy atom. The van der Waals surface area contributed by atoms with Crippen LogP contribution in [0.2, 0.25) is 0 Å². The summed E-state index contributed by atoms with van der Waals surface area (Å²) in [5.74, 6) is 1.16. The molecule has 2 amide bonds. The van der Waals surface area contributed by atoms with E-state index in [1.54, 1.807) is 35.0 Å². The number of amides is 2. The summed E-state index contributed by atoms with van der Waals surface area (Å²) in [6.45, 7) is -0.147. The summed E-state index contributed by atoms with van der Waals surface area (Å²) in [7, 11) is 3.02. The highest BCUT2D eigenvalue weighted by molar-refractivity contribution is 5.99. The van der Waals surface area contributed by atoms with Gasteiger partial charge in [-0.2, -0.15) is 5.10 Å². The molecule has 40 heavy (non-hydrogen) atoms. The molecule has 0 aliphatic carbocycles. The molecule has 9 heteroatoms. The summed E-state index contributed by atoms with van der Waals surface area (Å²) in [6.07, 6.45) is 1.52. The molecule has 0 saturated carbocycles. The maximum absolute atomic E-state index is 13.6. The average Bonchev–Trinajstić information content (AvgIpc) is 3.67. The zero-order valence-corrected chi connectivity index (χ0v) is 22.1. The highest BCUT2D eigenvalue weighted by Crippen LogP contribution is 2.26. The summed E-state index contributed by atoms with van der Waals surface area (Å²) in [6, 6.07) is 29.4. The highest BCUT2D eigenvalue weighted by Gasteiger charge is 2.23. The Hall–Kier alpha value is -5.31. The lowest BCUT2D eigenvalue weighted by Crippen LogP contribution is -2.37. The molecule has 0 atom stereocenters. The van der Waals surface area contributed by atoms with Crippen LogP contribution < -0.4 is 14.8 Å². The SMILES string of the molecule is COc1cc(OC)cc(C(=O)N(CC(=O)Nc2cc(-c3ccccc3)nn2-c2ccccc2)Cc2ccco2)c1. The number of ether oxygens (including phenoxy) is 2. The summed E-state index contributed by atoms with van der Waals surface area (Å²) >= 11 is 0. The lowest BCUT2D eigenvalue weighted by molar-refractivity contribution is -0.117. The maximum Gasteiger partial charge on any atom is 0.255 e. The second-order valence-corrected chi connectivity index (χ2v) is 8.92. The quantitative estimate of drug-likeness (QED) is 0.256. The number of anilines is 1. The molecular weight excluding hydrogens is 508 g/mol. The van der Waals surface area contributed by atoms with Crippen LogP contribution in [0.4, 0.5) is 5.82 Å². The third kappa shape index (κ3) is 6.05. The second kappa shape index (κ2) is 12.0. The Labute approximate surface area is 231 Å². The number of rotatable bonds is 10. The zero-order valence-electron chi connectivity index (χ0n) is 22.1. The molecular formula is C31H28N4O5. The molecule has 1 N–H and O–H groups in total. The highest BCUT2D eigenvalue weighted by atomic mass is 16.5. The smallest absolute Gasteiger partial charge is 0.255 e. The minimum Gasteiger partial charge on any atom is -0.497 e. The van der Waals surface area contributed by atoms with Gasteiger partial charge in [-0.05, 0) is 36.4 Å². The Bertz CT molecular complexity index is 1560. The fraction of sp³-hybridized carbons (Fsp3) is 0.129. The van der Waals surface area contributed by atoms with Crippen molar-refractivity contribution < 1.29 is 23.5 Å². The lowest BCUT2D eigenvalue weighted by Gasteiger charge is -2.22. The molecule has 0 fully saturated rings. The molecule has 0 bridgehead atoms. The van der Waals surface area contributed by atoms with Crippen LogP contribution in [0.5, 0.6) is 11.5 Å². The van der Waals surface area contributed by atoms with Crippen molar-refractivity contribution >= 4 is 17.6 Å². The predicted molar refractivity (Wildman–Crippen MR) is 151 cm³/mol. The third-order valence-corrected chi connectivity index (χ3v) is 6.19. The molecule has 9 nitrogen and oxygen atoms in total. The number of hydrogen-bond donors (Lipinski definition) is 1. The molecule has 5 rings (SSSR count). The Balaban J connectivity index is 1.43. The first-order valence-electron chi connectivity index (χ1n) is 12.6. The molecule has 0 spiro atoms. The Morgan fingerprint density at radius 3 is 2.17 bits per heavy atom. The number of hydrogen-bond acceptors (Lipinski definition) is 6.